The van der Waals surface area contributed by atoms with Crippen LogP contribution in [-0.2, 0) is 11.2 Å². The summed E-state index contributed by atoms with van der Waals surface area (Å²) in [5, 5.41) is 6.17. The van der Waals surface area contributed by atoms with Crippen LogP contribution in [-0.4, -0.2) is 30.0 Å². The highest BCUT2D eigenvalue weighted by atomic mass is 16.2. The smallest absolute Gasteiger partial charge is 0.237 e. The second-order valence-electron chi connectivity index (χ2n) is 4.89. The van der Waals surface area contributed by atoms with E-state index in [0.717, 1.165) is 17.7 Å². The van der Waals surface area contributed by atoms with E-state index in [-0.39, 0.29) is 11.9 Å². The Kier molecular flexibility index (Phi) is 3.74. The molecule has 1 amide bonds. The van der Waals surface area contributed by atoms with Crippen molar-refractivity contribution in [2.75, 3.05) is 13.1 Å². The van der Waals surface area contributed by atoms with E-state index in [9.17, 15) is 4.79 Å². The van der Waals surface area contributed by atoms with Crippen molar-refractivity contribution in [3.63, 3.8) is 0 Å². The van der Waals surface area contributed by atoms with Gasteiger partial charge in [0.1, 0.15) is 0 Å². The van der Waals surface area contributed by atoms with Gasteiger partial charge in [0.15, 0.2) is 0 Å². The summed E-state index contributed by atoms with van der Waals surface area (Å²) in [4.78, 5) is 15.9. The van der Waals surface area contributed by atoms with Crippen molar-refractivity contribution in [3.05, 3.63) is 54.4 Å². The Morgan fingerprint density at radius 1 is 1.10 bits per heavy atom. The second-order valence-corrected chi connectivity index (χ2v) is 4.89. The van der Waals surface area contributed by atoms with Gasteiger partial charge in [-0.1, -0.05) is 24.3 Å². The molecule has 0 unspecified atom stereocenters. The van der Waals surface area contributed by atoms with Crippen molar-refractivity contribution < 1.29 is 4.79 Å². The first kappa shape index (κ1) is 12.8. The summed E-state index contributed by atoms with van der Waals surface area (Å²) < 4.78 is 0. The lowest BCUT2D eigenvalue weighted by Crippen LogP contribution is -2.53. The number of piperazine rings is 1. The van der Waals surface area contributed by atoms with Crippen LogP contribution in [0.15, 0.2) is 48.8 Å². The first-order valence-corrected chi connectivity index (χ1v) is 6.84. The Hall–Kier alpha value is -2.20. The molecule has 2 heterocycles. The average Bonchev–Trinajstić information content (AvgIpc) is 2.51. The molecule has 0 saturated carbocycles. The number of hydrogen-bond acceptors (Lipinski definition) is 3. The van der Waals surface area contributed by atoms with E-state index < -0.39 is 0 Å². The number of nitrogens with one attached hydrogen (secondary N) is 2. The Labute approximate surface area is 118 Å². The third-order valence-electron chi connectivity index (χ3n) is 3.56. The van der Waals surface area contributed by atoms with E-state index in [2.05, 4.69) is 27.8 Å². The van der Waals surface area contributed by atoms with Crippen molar-refractivity contribution >= 4 is 5.91 Å². The lowest BCUT2D eigenvalue weighted by molar-refractivity contribution is -0.124. The molecule has 3 rings (SSSR count). The number of pyridine rings is 1. The van der Waals surface area contributed by atoms with Crippen LogP contribution < -0.4 is 10.6 Å². The molecule has 1 atom stereocenters. The van der Waals surface area contributed by atoms with E-state index in [0.29, 0.717) is 13.0 Å². The first-order chi connectivity index (χ1) is 9.84. The zero-order valence-electron chi connectivity index (χ0n) is 11.2. The van der Waals surface area contributed by atoms with E-state index >= 15 is 0 Å². The maximum atomic E-state index is 11.9. The van der Waals surface area contributed by atoms with Crippen LogP contribution in [0.2, 0.25) is 0 Å². The number of aromatic nitrogens is 1. The van der Waals surface area contributed by atoms with Crippen molar-refractivity contribution in [1.29, 1.82) is 0 Å². The van der Waals surface area contributed by atoms with E-state index in [1.165, 1.54) is 5.56 Å². The minimum absolute atomic E-state index is 0.0841. The minimum atomic E-state index is -0.147. The summed E-state index contributed by atoms with van der Waals surface area (Å²) in [6, 6.07) is 12.0. The molecular formula is C16H17N3O. The van der Waals surface area contributed by atoms with Gasteiger partial charge in [-0.2, -0.15) is 0 Å². The van der Waals surface area contributed by atoms with Gasteiger partial charge in [0.05, 0.1) is 6.04 Å². The van der Waals surface area contributed by atoms with Crippen LogP contribution in [0.5, 0.6) is 0 Å². The molecule has 1 fully saturated rings. The van der Waals surface area contributed by atoms with Gasteiger partial charge >= 0.3 is 0 Å². The van der Waals surface area contributed by atoms with Crippen molar-refractivity contribution in [1.82, 2.24) is 15.6 Å². The monoisotopic (exact) mass is 267 g/mol. The average molecular weight is 267 g/mol. The van der Waals surface area contributed by atoms with Crippen LogP contribution in [0.3, 0.4) is 0 Å². The van der Waals surface area contributed by atoms with Crippen molar-refractivity contribution in [2.24, 2.45) is 0 Å². The molecule has 0 bridgehead atoms. The largest absolute Gasteiger partial charge is 0.353 e. The third-order valence-corrected chi connectivity index (χ3v) is 3.56. The molecule has 1 saturated heterocycles. The van der Waals surface area contributed by atoms with Gasteiger partial charge in [0.2, 0.25) is 5.91 Å². The maximum absolute atomic E-state index is 11.9. The topological polar surface area (TPSA) is 54.0 Å². The quantitative estimate of drug-likeness (QED) is 0.883. The van der Waals surface area contributed by atoms with E-state index in [1.807, 2.05) is 24.3 Å². The summed E-state index contributed by atoms with van der Waals surface area (Å²) in [7, 11) is 0. The molecule has 4 nitrogen and oxygen atoms in total. The number of benzene rings is 1. The fourth-order valence-corrected chi connectivity index (χ4v) is 2.54. The Balaban J connectivity index is 1.88. The number of carbonyl (C=O) groups excluding carboxylic acids is 1. The number of amides is 1. The molecule has 0 radical (unpaired) electrons. The minimum Gasteiger partial charge on any atom is -0.353 e. The van der Waals surface area contributed by atoms with Gasteiger partial charge in [0, 0.05) is 25.5 Å². The SMILES string of the molecule is O=C1NCCN[C@@H]1Cc1ccccc1-c1ccncc1. The summed E-state index contributed by atoms with van der Waals surface area (Å²) in [5.74, 6) is 0.0841. The Bertz CT molecular complexity index is 598. The Morgan fingerprint density at radius 3 is 2.70 bits per heavy atom. The van der Waals surface area contributed by atoms with Crippen LogP contribution in [0.4, 0.5) is 0 Å². The molecular weight excluding hydrogens is 250 g/mol. The number of carbonyl (C=O) groups is 1. The van der Waals surface area contributed by atoms with Gasteiger partial charge in [0.25, 0.3) is 0 Å². The second kappa shape index (κ2) is 5.84. The van der Waals surface area contributed by atoms with Crippen molar-refractivity contribution in [2.45, 2.75) is 12.5 Å². The molecule has 1 aromatic heterocycles. The van der Waals surface area contributed by atoms with Gasteiger partial charge in [-0.3, -0.25) is 9.78 Å². The molecule has 102 valence electrons. The fraction of sp³-hybridized carbons (Fsp3) is 0.250. The molecule has 1 aliphatic rings. The molecule has 2 aromatic rings. The molecule has 1 aromatic carbocycles. The molecule has 0 spiro atoms. The maximum Gasteiger partial charge on any atom is 0.237 e. The zero-order chi connectivity index (χ0) is 13.8. The highest BCUT2D eigenvalue weighted by Gasteiger charge is 2.22. The lowest BCUT2D eigenvalue weighted by atomic mass is 9.95. The number of hydrogen-bond donors (Lipinski definition) is 2. The molecule has 2 N–H and O–H groups in total. The molecule has 1 aliphatic heterocycles. The van der Waals surface area contributed by atoms with Gasteiger partial charge in [-0.25, -0.2) is 0 Å². The van der Waals surface area contributed by atoms with Crippen LogP contribution in [0.25, 0.3) is 11.1 Å². The standard InChI is InChI=1S/C16H17N3O/c20-16-15(18-9-10-19-16)11-13-3-1-2-4-14(13)12-5-7-17-8-6-12/h1-8,15,18H,9-11H2,(H,19,20)/t15-/m1/s1. The van der Waals surface area contributed by atoms with Gasteiger partial charge in [-0.05, 0) is 35.2 Å². The zero-order valence-corrected chi connectivity index (χ0v) is 11.2. The normalized spacial score (nSPS) is 18.6. The third kappa shape index (κ3) is 2.70. The first-order valence-electron chi connectivity index (χ1n) is 6.84. The van der Waals surface area contributed by atoms with Gasteiger partial charge in [-0.15, -0.1) is 0 Å². The highest BCUT2D eigenvalue weighted by Crippen LogP contribution is 2.24. The molecule has 0 aliphatic carbocycles. The van der Waals surface area contributed by atoms with Crippen LogP contribution in [0, 0.1) is 0 Å². The lowest BCUT2D eigenvalue weighted by Gasteiger charge is -2.24. The number of nitrogens with zero attached hydrogens (tertiary/aromatic N) is 1. The summed E-state index contributed by atoms with van der Waals surface area (Å²) in [6.45, 7) is 1.54. The predicted octanol–water partition coefficient (Wildman–Crippen LogP) is 1.38. The summed E-state index contributed by atoms with van der Waals surface area (Å²) in [6.07, 6.45) is 4.28. The van der Waals surface area contributed by atoms with Crippen LogP contribution in [0.1, 0.15) is 5.56 Å². The van der Waals surface area contributed by atoms with E-state index in [4.69, 9.17) is 0 Å². The number of rotatable bonds is 3. The van der Waals surface area contributed by atoms with Crippen molar-refractivity contribution in [3.8, 4) is 11.1 Å². The summed E-state index contributed by atoms with van der Waals surface area (Å²) in [5.41, 5.74) is 3.47. The van der Waals surface area contributed by atoms with Crippen LogP contribution >= 0.6 is 0 Å². The molecule has 20 heavy (non-hydrogen) atoms. The Morgan fingerprint density at radius 2 is 1.90 bits per heavy atom. The molecule has 4 heteroatoms. The highest BCUT2D eigenvalue weighted by molar-refractivity contribution is 5.83. The summed E-state index contributed by atoms with van der Waals surface area (Å²) >= 11 is 0. The predicted molar refractivity (Wildman–Crippen MR) is 78.2 cm³/mol. The van der Waals surface area contributed by atoms with E-state index in [1.54, 1.807) is 12.4 Å². The van der Waals surface area contributed by atoms with Gasteiger partial charge < -0.3 is 10.6 Å². The fourth-order valence-electron chi connectivity index (χ4n) is 2.54.